The van der Waals surface area contributed by atoms with Crippen LogP contribution in [-0.2, 0) is 9.59 Å². The van der Waals surface area contributed by atoms with Crippen LogP contribution in [0.3, 0.4) is 0 Å². The molecule has 128 valence electrons. The average Bonchev–Trinajstić information content (AvgIpc) is 2.50. The largest absolute Gasteiger partial charge is 0.482 e. The van der Waals surface area contributed by atoms with Crippen LogP contribution in [0.2, 0.25) is 0 Å². The molecule has 23 heavy (non-hydrogen) atoms. The van der Waals surface area contributed by atoms with Crippen molar-refractivity contribution in [2.45, 2.75) is 46.6 Å². The SMILES string of the molecule is CCCC(C(=O)NC(C)c1ccc(OCC(=O)O)cc1)C(C)C. The second-order valence-electron chi connectivity index (χ2n) is 6.12. The summed E-state index contributed by atoms with van der Waals surface area (Å²) in [6, 6.07) is 7.01. The van der Waals surface area contributed by atoms with E-state index in [4.69, 9.17) is 9.84 Å². The number of carboxylic acids is 1. The molecule has 0 saturated carbocycles. The Morgan fingerprint density at radius 2 is 1.78 bits per heavy atom. The number of carbonyl (C=O) groups excluding carboxylic acids is 1. The van der Waals surface area contributed by atoms with Crippen molar-refractivity contribution in [1.82, 2.24) is 5.32 Å². The van der Waals surface area contributed by atoms with Crippen molar-refractivity contribution < 1.29 is 19.4 Å². The molecule has 5 nitrogen and oxygen atoms in total. The van der Waals surface area contributed by atoms with Gasteiger partial charge in [-0.2, -0.15) is 0 Å². The molecule has 0 aliphatic rings. The van der Waals surface area contributed by atoms with E-state index in [1.807, 2.05) is 19.1 Å². The summed E-state index contributed by atoms with van der Waals surface area (Å²) in [6.07, 6.45) is 1.87. The van der Waals surface area contributed by atoms with Gasteiger partial charge in [0.05, 0.1) is 6.04 Å². The number of benzene rings is 1. The smallest absolute Gasteiger partial charge is 0.341 e. The van der Waals surface area contributed by atoms with Gasteiger partial charge in [0.1, 0.15) is 5.75 Å². The predicted octanol–water partition coefficient (Wildman–Crippen LogP) is 3.40. The number of carboxylic acid groups (broad SMARTS) is 1. The molecule has 1 aromatic carbocycles. The summed E-state index contributed by atoms with van der Waals surface area (Å²) in [4.78, 5) is 22.9. The molecule has 0 aromatic heterocycles. The van der Waals surface area contributed by atoms with Gasteiger partial charge < -0.3 is 15.2 Å². The summed E-state index contributed by atoms with van der Waals surface area (Å²) in [5.74, 6) is -0.0822. The summed E-state index contributed by atoms with van der Waals surface area (Å²) < 4.78 is 5.10. The maximum atomic E-state index is 12.4. The molecule has 0 aliphatic heterocycles. The van der Waals surface area contributed by atoms with E-state index in [1.165, 1.54) is 0 Å². The molecule has 2 N–H and O–H groups in total. The Hall–Kier alpha value is -2.04. The van der Waals surface area contributed by atoms with E-state index in [-0.39, 0.29) is 24.5 Å². The zero-order chi connectivity index (χ0) is 17.4. The van der Waals surface area contributed by atoms with Crippen LogP contribution < -0.4 is 10.1 Å². The van der Waals surface area contributed by atoms with Crippen LogP contribution in [0.5, 0.6) is 5.75 Å². The standard InChI is InChI=1S/C18H27NO4/c1-5-6-16(12(2)3)18(22)19-13(4)14-7-9-15(10-8-14)23-11-17(20)21/h7-10,12-13,16H,5-6,11H2,1-4H3,(H,19,22)(H,20,21). The molecule has 0 aliphatic carbocycles. The lowest BCUT2D eigenvalue weighted by Crippen LogP contribution is -2.35. The van der Waals surface area contributed by atoms with Gasteiger partial charge in [0.25, 0.3) is 0 Å². The van der Waals surface area contributed by atoms with E-state index >= 15 is 0 Å². The van der Waals surface area contributed by atoms with Crippen molar-refractivity contribution >= 4 is 11.9 Å². The molecule has 0 fully saturated rings. The van der Waals surface area contributed by atoms with E-state index in [2.05, 4.69) is 26.1 Å². The molecular formula is C18H27NO4. The summed E-state index contributed by atoms with van der Waals surface area (Å²) in [5, 5.41) is 11.6. The molecule has 0 bridgehead atoms. The maximum Gasteiger partial charge on any atom is 0.341 e. The molecule has 1 rings (SSSR count). The molecule has 0 saturated heterocycles. The van der Waals surface area contributed by atoms with Crippen LogP contribution in [0, 0.1) is 11.8 Å². The first-order valence-corrected chi connectivity index (χ1v) is 8.10. The Bertz CT molecular complexity index is 510. The highest BCUT2D eigenvalue weighted by Gasteiger charge is 2.22. The molecule has 5 heteroatoms. The van der Waals surface area contributed by atoms with E-state index in [0.29, 0.717) is 11.7 Å². The highest BCUT2D eigenvalue weighted by atomic mass is 16.5. The Balaban J connectivity index is 2.64. The zero-order valence-electron chi connectivity index (χ0n) is 14.3. The monoisotopic (exact) mass is 321 g/mol. The second-order valence-corrected chi connectivity index (χ2v) is 6.12. The Morgan fingerprint density at radius 1 is 1.17 bits per heavy atom. The van der Waals surface area contributed by atoms with E-state index in [0.717, 1.165) is 18.4 Å². The molecule has 2 atom stereocenters. The number of carbonyl (C=O) groups is 2. The van der Waals surface area contributed by atoms with Gasteiger partial charge in [0, 0.05) is 5.92 Å². The lowest BCUT2D eigenvalue weighted by atomic mass is 9.90. The lowest BCUT2D eigenvalue weighted by molar-refractivity contribution is -0.139. The minimum Gasteiger partial charge on any atom is -0.482 e. The Kier molecular flexibility index (Phi) is 7.59. The fourth-order valence-electron chi connectivity index (χ4n) is 2.48. The molecule has 1 amide bonds. The van der Waals surface area contributed by atoms with Gasteiger partial charge >= 0.3 is 5.97 Å². The first kappa shape index (κ1) is 19.0. The molecule has 0 spiro atoms. The summed E-state index contributed by atoms with van der Waals surface area (Å²) >= 11 is 0. The van der Waals surface area contributed by atoms with Crippen molar-refractivity contribution in [3.63, 3.8) is 0 Å². The van der Waals surface area contributed by atoms with Gasteiger partial charge in [-0.25, -0.2) is 4.79 Å². The van der Waals surface area contributed by atoms with Crippen molar-refractivity contribution in [2.24, 2.45) is 11.8 Å². The van der Waals surface area contributed by atoms with Gasteiger partial charge in [-0.1, -0.05) is 39.3 Å². The lowest BCUT2D eigenvalue weighted by Gasteiger charge is -2.23. The molecule has 0 heterocycles. The number of rotatable bonds is 9. The number of aliphatic carboxylic acids is 1. The minimum absolute atomic E-state index is 0.0284. The first-order valence-electron chi connectivity index (χ1n) is 8.10. The summed E-state index contributed by atoms with van der Waals surface area (Å²) in [6.45, 7) is 7.80. The number of nitrogens with one attached hydrogen (secondary N) is 1. The highest BCUT2D eigenvalue weighted by Crippen LogP contribution is 2.21. The first-order chi connectivity index (χ1) is 10.8. The third kappa shape index (κ3) is 6.30. The summed E-state index contributed by atoms with van der Waals surface area (Å²) in [7, 11) is 0. The van der Waals surface area contributed by atoms with Crippen LogP contribution in [-0.4, -0.2) is 23.6 Å². The number of hydrogen-bond acceptors (Lipinski definition) is 3. The maximum absolute atomic E-state index is 12.4. The topological polar surface area (TPSA) is 75.6 Å². The number of hydrogen-bond donors (Lipinski definition) is 2. The fourth-order valence-corrected chi connectivity index (χ4v) is 2.48. The Morgan fingerprint density at radius 3 is 2.26 bits per heavy atom. The van der Waals surface area contributed by atoms with Crippen molar-refractivity contribution in [1.29, 1.82) is 0 Å². The van der Waals surface area contributed by atoms with Crippen LogP contribution in [0.4, 0.5) is 0 Å². The van der Waals surface area contributed by atoms with Gasteiger partial charge in [-0.15, -0.1) is 0 Å². The number of amides is 1. The number of ether oxygens (including phenoxy) is 1. The minimum atomic E-state index is -1.01. The van der Waals surface area contributed by atoms with Crippen LogP contribution >= 0.6 is 0 Å². The normalized spacial score (nSPS) is 13.4. The Labute approximate surface area is 138 Å². The van der Waals surface area contributed by atoms with E-state index in [9.17, 15) is 9.59 Å². The van der Waals surface area contributed by atoms with Crippen molar-refractivity contribution in [2.75, 3.05) is 6.61 Å². The van der Waals surface area contributed by atoms with Crippen molar-refractivity contribution in [3.05, 3.63) is 29.8 Å². The van der Waals surface area contributed by atoms with Gasteiger partial charge in [0.15, 0.2) is 6.61 Å². The molecule has 1 aromatic rings. The quantitative estimate of drug-likeness (QED) is 0.731. The van der Waals surface area contributed by atoms with Gasteiger partial charge in [-0.3, -0.25) is 4.79 Å². The predicted molar refractivity (Wildman–Crippen MR) is 89.4 cm³/mol. The molecule has 0 radical (unpaired) electrons. The van der Waals surface area contributed by atoms with E-state index in [1.54, 1.807) is 12.1 Å². The van der Waals surface area contributed by atoms with Crippen LogP contribution in [0.15, 0.2) is 24.3 Å². The molecular weight excluding hydrogens is 294 g/mol. The second kappa shape index (κ2) is 9.18. The fraction of sp³-hybridized carbons (Fsp3) is 0.556. The van der Waals surface area contributed by atoms with Crippen LogP contribution in [0.25, 0.3) is 0 Å². The molecule has 2 unspecified atom stereocenters. The highest BCUT2D eigenvalue weighted by molar-refractivity contribution is 5.79. The van der Waals surface area contributed by atoms with Gasteiger partial charge in [-0.05, 0) is 37.0 Å². The van der Waals surface area contributed by atoms with Crippen molar-refractivity contribution in [3.8, 4) is 5.75 Å². The average molecular weight is 321 g/mol. The van der Waals surface area contributed by atoms with Gasteiger partial charge in [0.2, 0.25) is 5.91 Å². The zero-order valence-corrected chi connectivity index (χ0v) is 14.3. The van der Waals surface area contributed by atoms with E-state index < -0.39 is 5.97 Å². The third-order valence-electron chi connectivity index (χ3n) is 3.84. The van der Waals surface area contributed by atoms with Crippen LogP contribution in [0.1, 0.15) is 52.1 Å². The summed E-state index contributed by atoms with van der Waals surface area (Å²) in [5.41, 5.74) is 0.958. The third-order valence-corrected chi connectivity index (χ3v) is 3.84.